The topological polar surface area (TPSA) is 56.8 Å². The first-order valence-corrected chi connectivity index (χ1v) is 8.34. The molecule has 1 aliphatic rings. The van der Waals surface area contributed by atoms with E-state index < -0.39 is 0 Å². The monoisotopic (exact) mass is 341 g/mol. The molecular weight excluding hydrogens is 318 g/mol. The molecule has 1 N–H and O–H groups in total. The minimum Gasteiger partial charge on any atom is -0.493 e. The average molecular weight is 341 g/mol. The number of hydrogen-bond acceptors (Lipinski definition) is 4. The summed E-state index contributed by atoms with van der Waals surface area (Å²) in [6.45, 7) is 3.99. The van der Waals surface area contributed by atoms with E-state index in [9.17, 15) is 4.79 Å². The Morgan fingerprint density at radius 1 is 1.04 bits per heavy atom. The second-order valence-electron chi connectivity index (χ2n) is 6.33. The molecule has 3 rings (SSSR count). The first-order valence-electron chi connectivity index (χ1n) is 8.34. The molecule has 2 aromatic carbocycles. The number of carbonyl (C=O) groups excluding carboxylic acids is 1. The van der Waals surface area contributed by atoms with Gasteiger partial charge >= 0.3 is 0 Å². The third-order valence-electron chi connectivity index (χ3n) is 4.25. The Morgan fingerprint density at radius 3 is 2.28 bits per heavy atom. The van der Waals surface area contributed by atoms with E-state index in [-0.39, 0.29) is 17.9 Å². The van der Waals surface area contributed by atoms with Crippen LogP contribution in [0.15, 0.2) is 36.4 Å². The van der Waals surface area contributed by atoms with Gasteiger partial charge in [-0.2, -0.15) is 0 Å². The van der Waals surface area contributed by atoms with E-state index in [1.807, 2.05) is 50.2 Å². The highest BCUT2D eigenvalue weighted by atomic mass is 16.5. The Morgan fingerprint density at radius 2 is 1.68 bits per heavy atom. The smallest absolute Gasteiger partial charge is 0.225 e. The molecule has 1 unspecified atom stereocenters. The number of amides is 1. The molecule has 1 heterocycles. The van der Waals surface area contributed by atoms with Gasteiger partial charge in [0.25, 0.3) is 0 Å². The van der Waals surface area contributed by atoms with Gasteiger partial charge in [0, 0.05) is 24.1 Å². The van der Waals surface area contributed by atoms with Crippen molar-refractivity contribution in [3.05, 3.63) is 47.5 Å². The van der Waals surface area contributed by atoms with Crippen LogP contribution in [-0.2, 0) is 4.79 Å². The van der Waals surface area contributed by atoms with Crippen LogP contribution in [0.5, 0.6) is 17.2 Å². The molecule has 0 aromatic heterocycles. The van der Waals surface area contributed by atoms with Crippen LogP contribution in [0.25, 0.3) is 0 Å². The average Bonchev–Trinajstić information content (AvgIpc) is 2.60. The van der Waals surface area contributed by atoms with Crippen molar-refractivity contribution in [3.8, 4) is 17.2 Å². The van der Waals surface area contributed by atoms with Gasteiger partial charge in [0.2, 0.25) is 5.91 Å². The fourth-order valence-electron chi connectivity index (χ4n) is 3.14. The van der Waals surface area contributed by atoms with Crippen molar-refractivity contribution in [2.45, 2.75) is 32.3 Å². The maximum absolute atomic E-state index is 12.2. The maximum Gasteiger partial charge on any atom is 0.225 e. The van der Waals surface area contributed by atoms with Gasteiger partial charge < -0.3 is 19.5 Å². The van der Waals surface area contributed by atoms with Gasteiger partial charge in [-0.15, -0.1) is 0 Å². The predicted octanol–water partition coefficient (Wildman–Crippen LogP) is 3.97. The van der Waals surface area contributed by atoms with E-state index >= 15 is 0 Å². The zero-order valence-corrected chi connectivity index (χ0v) is 15.0. The lowest BCUT2D eigenvalue weighted by Gasteiger charge is -2.27. The lowest BCUT2D eigenvalue weighted by atomic mass is 9.84. The van der Waals surface area contributed by atoms with E-state index in [0.29, 0.717) is 17.9 Å². The minimum atomic E-state index is -0.0309. The first kappa shape index (κ1) is 17.1. The van der Waals surface area contributed by atoms with Gasteiger partial charge in [-0.3, -0.25) is 4.79 Å². The number of ether oxygens (including phenoxy) is 3. The van der Waals surface area contributed by atoms with Crippen molar-refractivity contribution < 1.29 is 19.0 Å². The molecule has 0 spiro atoms. The molecule has 1 aliphatic heterocycles. The SMILES string of the molecule is COc1cc2c(cc1OC)C(c1ccc(OC(C)C)cc1)CC(=O)N2. The molecule has 1 amide bonds. The minimum absolute atomic E-state index is 0.00720. The molecule has 1 atom stereocenters. The Kier molecular flexibility index (Phi) is 4.83. The molecule has 0 saturated heterocycles. The number of rotatable bonds is 5. The van der Waals surface area contributed by atoms with Gasteiger partial charge in [-0.25, -0.2) is 0 Å². The highest BCUT2D eigenvalue weighted by molar-refractivity contribution is 5.96. The van der Waals surface area contributed by atoms with Gasteiger partial charge in [0.1, 0.15) is 5.75 Å². The zero-order chi connectivity index (χ0) is 18.0. The number of fused-ring (bicyclic) bond motifs is 1. The van der Waals surface area contributed by atoms with E-state index in [1.54, 1.807) is 14.2 Å². The number of benzene rings is 2. The van der Waals surface area contributed by atoms with Crippen LogP contribution >= 0.6 is 0 Å². The molecule has 0 fully saturated rings. The third-order valence-corrected chi connectivity index (χ3v) is 4.25. The summed E-state index contributed by atoms with van der Waals surface area (Å²) in [4.78, 5) is 12.2. The Balaban J connectivity index is 1.99. The summed E-state index contributed by atoms with van der Waals surface area (Å²) >= 11 is 0. The van der Waals surface area contributed by atoms with E-state index in [2.05, 4.69) is 5.32 Å². The van der Waals surface area contributed by atoms with Crippen molar-refractivity contribution in [3.63, 3.8) is 0 Å². The van der Waals surface area contributed by atoms with Crippen molar-refractivity contribution >= 4 is 11.6 Å². The van der Waals surface area contributed by atoms with Crippen molar-refractivity contribution in [2.75, 3.05) is 19.5 Å². The normalized spacial score (nSPS) is 16.2. The van der Waals surface area contributed by atoms with Crippen LogP contribution < -0.4 is 19.5 Å². The molecular formula is C20H23NO4. The van der Waals surface area contributed by atoms with Crippen LogP contribution in [0.2, 0.25) is 0 Å². The molecule has 132 valence electrons. The highest BCUT2D eigenvalue weighted by Crippen LogP contribution is 2.43. The summed E-state index contributed by atoms with van der Waals surface area (Å²) in [5.41, 5.74) is 2.86. The second-order valence-corrected chi connectivity index (χ2v) is 6.33. The standard InChI is InChI=1S/C20H23NO4/c1-12(2)25-14-7-5-13(6-8-14)15-10-20(22)21-17-11-19(24-4)18(23-3)9-16(15)17/h5-9,11-12,15H,10H2,1-4H3,(H,21,22). The first-order chi connectivity index (χ1) is 12.0. The van der Waals surface area contributed by atoms with Gasteiger partial charge in [-0.1, -0.05) is 12.1 Å². The van der Waals surface area contributed by atoms with Gasteiger partial charge in [-0.05, 0) is 43.2 Å². The summed E-state index contributed by atoms with van der Waals surface area (Å²) in [7, 11) is 3.19. The quantitative estimate of drug-likeness (QED) is 0.894. The number of methoxy groups -OCH3 is 2. The Hall–Kier alpha value is -2.69. The molecule has 0 radical (unpaired) electrons. The van der Waals surface area contributed by atoms with Gasteiger partial charge in [0.05, 0.1) is 20.3 Å². The Labute approximate surface area is 147 Å². The lowest BCUT2D eigenvalue weighted by Crippen LogP contribution is -2.23. The van der Waals surface area contributed by atoms with Crippen molar-refractivity contribution in [2.24, 2.45) is 0 Å². The number of anilines is 1. The predicted molar refractivity (Wildman–Crippen MR) is 96.8 cm³/mol. The fraction of sp³-hybridized carbons (Fsp3) is 0.350. The fourth-order valence-corrected chi connectivity index (χ4v) is 3.14. The lowest BCUT2D eigenvalue weighted by molar-refractivity contribution is -0.116. The second kappa shape index (κ2) is 7.05. The highest BCUT2D eigenvalue weighted by Gasteiger charge is 2.28. The van der Waals surface area contributed by atoms with Crippen LogP contribution in [-0.4, -0.2) is 26.2 Å². The summed E-state index contributed by atoms with van der Waals surface area (Å²) in [6.07, 6.45) is 0.524. The number of hydrogen-bond donors (Lipinski definition) is 1. The zero-order valence-electron chi connectivity index (χ0n) is 15.0. The molecule has 0 saturated carbocycles. The van der Waals surface area contributed by atoms with E-state index in [1.165, 1.54) is 0 Å². The molecule has 2 aromatic rings. The summed E-state index contributed by atoms with van der Waals surface area (Å²) in [5.74, 6) is 2.04. The van der Waals surface area contributed by atoms with Crippen LogP contribution in [0.3, 0.4) is 0 Å². The van der Waals surface area contributed by atoms with Crippen LogP contribution in [0.1, 0.15) is 37.3 Å². The van der Waals surface area contributed by atoms with Gasteiger partial charge in [0.15, 0.2) is 11.5 Å². The largest absolute Gasteiger partial charge is 0.493 e. The summed E-state index contributed by atoms with van der Waals surface area (Å²) in [5, 5.41) is 2.92. The van der Waals surface area contributed by atoms with Crippen molar-refractivity contribution in [1.29, 1.82) is 0 Å². The van der Waals surface area contributed by atoms with Crippen LogP contribution in [0, 0.1) is 0 Å². The Bertz CT molecular complexity index is 768. The number of carbonyl (C=O) groups is 1. The molecule has 5 nitrogen and oxygen atoms in total. The number of nitrogens with one attached hydrogen (secondary N) is 1. The third kappa shape index (κ3) is 3.55. The van der Waals surface area contributed by atoms with E-state index in [0.717, 1.165) is 22.6 Å². The molecule has 0 aliphatic carbocycles. The van der Waals surface area contributed by atoms with Crippen LogP contribution in [0.4, 0.5) is 5.69 Å². The maximum atomic E-state index is 12.2. The molecule has 5 heteroatoms. The molecule has 25 heavy (non-hydrogen) atoms. The van der Waals surface area contributed by atoms with E-state index in [4.69, 9.17) is 14.2 Å². The summed E-state index contributed by atoms with van der Waals surface area (Å²) < 4.78 is 16.5. The van der Waals surface area contributed by atoms with Crippen molar-refractivity contribution in [1.82, 2.24) is 0 Å². The molecule has 0 bridgehead atoms. The summed E-state index contributed by atoms with van der Waals surface area (Å²) in [6, 6.07) is 11.7.